The Morgan fingerprint density at radius 1 is 1.31 bits per heavy atom. The summed E-state index contributed by atoms with van der Waals surface area (Å²) < 4.78 is 0. The summed E-state index contributed by atoms with van der Waals surface area (Å²) in [5, 5.41) is 8.81. The minimum atomic E-state index is 0.262. The third-order valence-corrected chi connectivity index (χ3v) is 2.09. The van der Waals surface area contributed by atoms with Crippen molar-refractivity contribution in [1.82, 2.24) is 4.90 Å². The van der Waals surface area contributed by atoms with Crippen LogP contribution in [0.4, 0.5) is 0 Å². The van der Waals surface area contributed by atoms with E-state index in [2.05, 4.69) is 11.8 Å². The zero-order valence-corrected chi connectivity index (χ0v) is 9.00. The molecule has 0 aromatic heterocycles. The van der Waals surface area contributed by atoms with Crippen LogP contribution in [0.15, 0.2) is 0 Å². The van der Waals surface area contributed by atoms with E-state index in [9.17, 15) is 0 Å². The van der Waals surface area contributed by atoms with Gasteiger partial charge in [-0.15, -0.1) is 0 Å². The Morgan fingerprint density at radius 2 is 2.00 bits per heavy atom. The molecule has 3 N–H and O–H groups in total. The van der Waals surface area contributed by atoms with E-state index >= 15 is 0 Å². The molecule has 80 valence electrons. The fourth-order valence-corrected chi connectivity index (χ4v) is 1.43. The average molecular weight is 188 g/mol. The summed E-state index contributed by atoms with van der Waals surface area (Å²) in [6.45, 7) is 7.41. The summed E-state index contributed by atoms with van der Waals surface area (Å²) in [5.74, 6) is 0. The molecule has 0 aliphatic rings. The Hall–Kier alpha value is -0.120. The van der Waals surface area contributed by atoms with Crippen LogP contribution in [-0.4, -0.2) is 42.3 Å². The first-order valence-corrected chi connectivity index (χ1v) is 5.29. The molecular weight excluding hydrogens is 164 g/mol. The highest BCUT2D eigenvalue weighted by molar-refractivity contribution is 4.59. The van der Waals surface area contributed by atoms with Gasteiger partial charge in [-0.2, -0.15) is 0 Å². The van der Waals surface area contributed by atoms with E-state index < -0.39 is 0 Å². The molecule has 0 bridgehead atoms. The summed E-state index contributed by atoms with van der Waals surface area (Å²) in [7, 11) is 0. The quantitative estimate of drug-likeness (QED) is 0.593. The van der Waals surface area contributed by atoms with Crippen molar-refractivity contribution in [3.63, 3.8) is 0 Å². The van der Waals surface area contributed by atoms with Gasteiger partial charge in [-0.3, -0.25) is 0 Å². The van der Waals surface area contributed by atoms with E-state index in [1.54, 1.807) is 0 Å². The first kappa shape index (κ1) is 12.9. The molecule has 0 amide bonds. The molecule has 1 atom stereocenters. The van der Waals surface area contributed by atoms with Crippen LogP contribution in [0.1, 0.15) is 33.1 Å². The van der Waals surface area contributed by atoms with Crippen molar-refractivity contribution < 1.29 is 5.11 Å². The molecule has 0 aliphatic heterocycles. The molecule has 0 aromatic carbocycles. The Kier molecular flexibility index (Phi) is 8.40. The van der Waals surface area contributed by atoms with Crippen LogP contribution >= 0.6 is 0 Å². The van der Waals surface area contributed by atoms with Crippen molar-refractivity contribution in [2.45, 2.75) is 39.2 Å². The molecule has 3 nitrogen and oxygen atoms in total. The highest BCUT2D eigenvalue weighted by atomic mass is 16.3. The second kappa shape index (κ2) is 8.48. The Morgan fingerprint density at radius 3 is 2.46 bits per heavy atom. The number of nitrogens with two attached hydrogens (primary N) is 1. The molecule has 0 radical (unpaired) electrons. The van der Waals surface area contributed by atoms with Crippen molar-refractivity contribution >= 4 is 0 Å². The second-order valence-corrected chi connectivity index (χ2v) is 3.68. The first-order valence-electron chi connectivity index (χ1n) is 5.29. The number of rotatable bonds is 8. The topological polar surface area (TPSA) is 49.5 Å². The van der Waals surface area contributed by atoms with Gasteiger partial charge in [-0.25, -0.2) is 0 Å². The van der Waals surface area contributed by atoms with Gasteiger partial charge in [0.25, 0.3) is 0 Å². The Labute approximate surface area is 81.9 Å². The molecule has 0 aromatic rings. The van der Waals surface area contributed by atoms with E-state index in [1.807, 2.05) is 6.92 Å². The van der Waals surface area contributed by atoms with E-state index in [0.29, 0.717) is 6.04 Å². The zero-order chi connectivity index (χ0) is 10.1. The van der Waals surface area contributed by atoms with Crippen molar-refractivity contribution in [2.24, 2.45) is 5.73 Å². The second-order valence-electron chi connectivity index (χ2n) is 3.68. The Bertz CT molecular complexity index is 101. The lowest BCUT2D eigenvalue weighted by molar-refractivity contribution is 0.193. The average Bonchev–Trinajstić information content (AvgIpc) is 2.04. The number of aliphatic hydroxyl groups is 1. The van der Waals surface area contributed by atoms with Gasteiger partial charge in [0.15, 0.2) is 0 Å². The summed E-state index contributed by atoms with van der Waals surface area (Å²) in [4.78, 5) is 2.29. The van der Waals surface area contributed by atoms with Crippen LogP contribution in [0.2, 0.25) is 0 Å². The summed E-state index contributed by atoms with van der Waals surface area (Å²) in [6.07, 6.45) is 3.36. The smallest absolute Gasteiger partial charge is 0.0558 e. The lowest BCUT2D eigenvalue weighted by Crippen LogP contribution is -2.29. The van der Waals surface area contributed by atoms with Crippen molar-refractivity contribution in [3.8, 4) is 0 Å². The van der Waals surface area contributed by atoms with E-state index in [-0.39, 0.29) is 6.61 Å². The highest BCUT2D eigenvalue weighted by Crippen LogP contribution is 1.98. The number of hydrogen-bond acceptors (Lipinski definition) is 3. The molecule has 13 heavy (non-hydrogen) atoms. The van der Waals surface area contributed by atoms with Gasteiger partial charge >= 0.3 is 0 Å². The van der Waals surface area contributed by atoms with E-state index in [1.165, 1.54) is 0 Å². The molecule has 1 unspecified atom stereocenters. The van der Waals surface area contributed by atoms with Crippen LogP contribution in [0, 0.1) is 0 Å². The van der Waals surface area contributed by atoms with Gasteiger partial charge in [-0.05, 0) is 39.3 Å². The van der Waals surface area contributed by atoms with Gasteiger partial charge in [0, 0.05) is 12.6 Å². The lowest BCUT2D eigenvalue weighted by atomic mass is 10.2. The summed E-state index contributed by atoms with van der Waals surface area (Å²) in [5.41, 5.74) is 5.66. The van der Waals surface area contributed by atoms with Crippen LogP contribution in [0.5, 0.6) is 0 Å². The molecule has 0 fully saturated rings. The third kappa shape index (κ3) is 8.22. The maximum absolute atomic E-state index is 8.81. The minimum absolute atomic E-state index is 0.262. The molecule has 0 heterocycles. The fraction of sp³-hybridized carbons (Fsp3) is 1.00. The molecule has 3 heteroatoms. The minimum Gasteiger partial charge on any atom is -0.395 e. The molecule has 0 saturated carbocycles. The number of aliphatic hydroxyl groups excluding tert-OH is 1. The number of hydrogen-bond donors (Lipinski definition) is 2. The van der Waals surface area contributed by atoms with E-state index in [4.69, 9.17) is 10.8 Å². The lowest BCUT2D eigenvalue weighted by Gasteiger charge is -2.20. The zero-order valence-electron chi connectivity index (χ0n) is 9.00. The van der Waals surface area contributed by atoms with Crippen molar-refractivity contribution in [3.05, 3.63) is 0 Å². The Balaban J connectivity index is 3.44. The summed E-state index contributed by atoms with van der Waals surface area (Å²) >= 11 is 0. The van der Waals surface area contributed by atoms with Gasteiger partial charge in [0.1, 0.15) is 0 Å². The standard InChI is InChI=1S/C10H24N2O/c1-3-6-12(8-9-13)7-4-5-10(2)11/h10,13H,3-9,11H2,1-2H3. The third-order valence-electron chi connectivity index (χ3n) is 2.09. The molecular formula is C10H24N2O. The maximum Gasteiger partial charge on any atom is 0.0558 e. The largest absolute Gasteiger partial charge is 0.395 e. The van der Waals surface area contributed by atoms with Crippen molar-refractivity contribution in [1.29, 1.82) is 0 Å². The van der Waals surface area contributed by atoms with Gasteiger partial charge in [0.2, 0.25) is 0 Å². The van der Waals surface area contributed by atoms with Crippen LogP contribution in [0.25, 0.3) is 0 Å². The molecule has 0 spiro atoms. The van der Waals surface area contributed by atoms with Gasteiger partial charge in [-0.1, -0.05) is 6.92 Å². The maximum atomic E-state index is 8.81. The van der Waals surface area contributed by atoms with Crippen LogP contribution in [-0.2, 0) is 0 Å². The van der Waals surface area contributed by atoms with Crippen LogP contribution in [0.3, 0.4) is 0 Å². The molecule has 0 rings (SSSR count). The molecule has 0 saturated heterocycles. The first-order chi connectivity index (χ1) is 6.20. The van der Waals surface area contributed by atoms with Crippen molar-refractivity contribution in [2.75, 3.05) is 26.2 Å². The predicted molar refractivity (Wildman–Crippen MR) is 56.7 cm³/mol. The van der Waals surface area contributed by atoms with Gasteiger partial charge < -0.3 is 15.7 Å². The van der Waals surface area contributed by atoms with E-state index in [0.717, 1.165) is 38.9 Å². The molecule has 0 aliphatic carbocycles. The monoisotopic (exact) mass is 188 g/mol. The highest BCUT2D eigenvalue weighted by Gasteiger charge is 2.02. The summed E-state index contributed by atoms with van der Waals surface area (Å²) in [6, 6.07) is 0.303. The normalized spacial score (nSPS) is 13.6. The fourth-order valence-electron chi connectivity index (χ4n) is 1.43. The number of nitrogens with zero attached hydrogens (tertiary/aromatic N) is 1. The predicted octanol–water partition coefficient (Wildman–Crippen LogP) is 0.818. The van der Waals surface area contributed by atoms with Crippen LogP contribution < -0.4 is 5.73 Å². The van der Waals surface area contributed by atoms with Gasteiger partial charge in [0.05, 0.1) is 6.61 Å². The SMILES string of the molecule is CCCN(CCO)CCCC(C)N.